The van der Waals surface area contributed by atoms with Crippen LogP contribution in [0.1, 0.15) is 11.1 Å². The van der Waals surface area contributed by atoms with Crippen molar-refractivity contribution >= 4 is 22.2 Å². The number of benzene rings is 2. The molecule has 2 rings (SSSR count). The van der Waals surface area contributed by atoms with E-state index in [0.717, 1.165) is 21.6 Å². The second-order valence-corrected chi connectivity index (χ2v) is 4.57. The molecule has 0 bridgehead atoms. The van der Waals surface area contributed by atoms with Gasteiger partial charge in [0.1, 0.15) is 6.07 Å². The van der Waals surface area contributed by atoms with E-state index in [4.69, 9.17) is 0 Å². The van der Waals surface area contributed by atoms with Gasteiger partial charge >= 0.3 is 0 Å². The van der Waals surface area contributed by atoms with Gasteiger partial charge in [0.2, 0.25) is 0 Å². The molecule has 0 aliphatic rings. The molecule has 88 valence electrons. The van der Waals surface area contributed by atoms with Gasteiger partial charge in [-0.3, -0.25) is 0 Å². The number of rotatable bonds is 3. The van der Waals surface area contributed by atoms with Crippen LogP contribution in [0.2, 0.25) is 0 Å². The van der Waals surface area contributed by atoms with Crippen LogP contribution in [0.5, 0.6) is 0 Å². The van der Waals surface area contributed by atoms with Crippen molar-refractivity contribution in [1.82, 2.24) is 0 Å². The van der Waals surface area contributed by atoms with Crippen molar-refractivity contribution in [2.24, 2.45) is 0 Å². The van der Waals surface area contributed by atoms with Gasteiger partial charge in [0.15, 0.2) is 0 Å². The molecule has 0 radical (unpaired) electrons. The van der Waals surface area contributed by atoms with E-state index in [-0.39, 0.29) is 0 Å². The van der Waals surface area contributed by atoms with Crippen LogP contribution in [0.4, 0.5) is 0 Å². The summed E-state index contributed by atoms with van der Waals surface area (Å²) in [5, 5.41) is 9.42. The maximum absolute atomic E-state index is 9.42. The van der Waals surface area contributed by atoms with Crippen molar-refractivity contribution in [2.75, 3.05) is 6.26 Å². The average Bonchev–Trinajstić information content (AvgIpc) is 2.46. The number of nitriles is 1. The highest BCUT2D eigenvalue weighted by Gasteiger charge is 2.09. The summed E-state index contributed by atoms with van der Waals surface area (Å²) in [5.41, 5.74) is 2.79. The van der Waals surface area contributed by atoms with Gasteiger partial charge in [-0.15, -0.1) is 11.8 Å². The smallest absolute Gasteiger partial charge is 0.101 e. The van der Waals surface area contributed by atoms with Gasteiger partial charge in [-0.25, -0.2) is 0 Å². The molecule has 18 heavy (non-hydrogen) atoms. The summed E-state index contributed by atoms with van der Waals surface area (Å²) in [7, 11) is 0. The lowest BCUT2D eigenvalue weighted by molar-refractivity contribution is 1.52. The second-order valence-electron chi connectivity index (χ2n) is 3.75. The van der Waals surface area contributed by atoms with E-state index in [1.165, 1.54) is 0 Å². The van der Waals surface area contributed by atoms with Gasteiger partial charge in [0.25, 0.3) is 0 Å². The van der Waals surface area contributed by atoms with Crippen molar-refractivity contribution in [3.8, 4) is 6.07 Å². The standard InChI is InChI=1S/C16H13NS/c1-18-16(14-10-6-3-7-11-14)15(12-17)13-8-4-2-5-9-13/h2-11H,1H3/b16-15-. The first-order chi connectivity index (χ1) is 8.86. The molecule has 1 nitrogen and oxygen atoms in total. The van der Waals surface area contributed by atoms with Gasteiger partial charge in [0.05, 0.1) is 5.57 Å². The fourth-order valence-corrected chi connectivity index (χ4v) is 2.54. The topological polar surface area (TPSA) is 23.8 Å². The second kappa shape index (κ2) is 6.09. The Morgan fingerprint density at radius 2 is 1.39 bits per heavy atom. The van der Waals surface area contributed by atoms with Crippen LogP contribution in [-0.2, 0) is 0 Å². The molecule has 0 aliphatic carbocycles. The van der Waals surface area contributed by atoms with Crippen molar-refractivity contribution in [1.29, 1.82) is 5.26 Å². The van der Waals surface area contributed by atoms with Crippen LogP contribution < -0.4 is 0 Å². The molecule has 0 aliphatic heterocycles. The third-order valence-electron chi connectivity index (χ3n) is 2.64. The van der Waals surface area contributed by atoms with Gasteiger partial charge in [-0.05, 0) is 17.4 Å². The molecule has 0 saturated heterocycles. The molecular weight excluding hydrogens is 238 g/mol. The Morgan fingerprint density at radius 1 is 0.889 bits per heavy atom. The lowest BCUT2D eigenvalue weighted by Gasteiger charge is -2.08. The monoisotopic (exact) mass is 251 g/mol. The molecule has 0 amide bonds. The van der Waals surface area contributed by atoms with Gasteiger partial charge < -0.3 is 0 Å². The van der Waals surface area contributed by atoms with Crippen molar-refractivity contribution < 1.29 is 0 Å². The van der Waals surface area contributed by atoms with E-state index < -0.39 is 0 Å². The molecule has 0 saturated carbocycles. The van der Waals surface area contributed by atoms with Gasteiger partial charge in [0, 0.05) is 4.91 Å². The molecule has 2 heteroatoms. The predicted octanol–water partition coefficient (Wildman–Crippen LogP) is 4.44. The Bertz CT molecular complexity index is 579. The molecule has 2 aromatic rings. The quantitative estimate of drug-likeness (QED) is 0.594. The normalized spacial score (nSPS) is 11.6. The molecule has 0 N–H and O–H groups in total. The summed E-state index contributed by atoms with van der Waals surface area (Å²) in [6, 6.07) is 22.2. The van der Waals surface area contributed by atoms with E-state index in [1.807, 2.05) is 66.9 Å². The minimum atomic E-state index is 0.731. The summed E-state index contributed by atoms with van der Waals surface area (Å²) in [5.74, 6) is 0. The number of hydrogen-bond donors (Lipinski definition) is 0. The highest BCUT2D eigenvalue weighted by molar-refractivity contribution is 8.08. The van der Waals surface area contributed by atoms with Crippen molar-refractivity contribution in [3.63, 3.8) is 0 Å². The Morgan fingerprint density at radius 3 is 1.83 bits per heavy atom. The Balaban J connectivity index is 2.58. The van der Waals surface area contributed by atoms with E-state index in [0.29, 0.717) is 0 Å². The van der Waals surface area contributed by atoms with Crippen LogP contribution in [0.25, 0.3) is 10.5 Å². The van der Waals surface area contributed by atoms with Crippen LogP contribution in [-0.4, -0.2) is 6.26 Å². The van der Waals surface area contributed by atoms with Gasteiger partial charge in [-0.2, -0.15) is 5.26 Å². The zero-order valence-corrected chi connectivity index (χ0v) is 10.9. The summed E-state index contributed by atoms with van der Waals surface area (Å²) in [6.45, 7) is 0. The van der Waals surface area contributed by atoms with E-state index in [9.17, 15) is 5.26 Å². The van der Waals surface area contributed by atoms with Crippen molar-refractivity contribution in [2.45, 2.75) is 0 Å². The average molecular weight is 251 g/mol. The van der Waals surface area contributed by atoms with Crippen LogP contribution >= 0.6 is 11.8 Å². The SMILES string of the molecule is CS/C(=C(/C#N)c1ccccc1)c1ccccc1. The highest BCUT2D eigenvalue weighted by Crippen LogP contribution is 2.33. The minimum Gasteiger partial charge on any atom is -0.192 e. The predicted molar refractivity (Wildman–Crippen MR) is 78.8 cm³/mol. The summed E-state index contributed by atoms with van der Waals surface area (Å²) >= 11 is 1.61. The first-order valence-electron chi connectivity index (χ1n) is 5.66. The van der Waals surface area contributed by atoms with Crippen LogP contribution in [0, 0.1) is 11.3 Å². The van der Waals surface area contributed by atoms with E-state index >= 15 is 0 Å². The molecule has 0 atom stereocenters. The number of allylic oxidation sites excluding steroid dienone is 1. The molecule has 0 fully saturated rings. The third-order valence-corrected chi connectivity index (χ3v) is 3.49. The van der Waals surface area contributed by atoms with E-state index in [1.54, 1.807) is 11.8 Å². The third kappa shape index (κ3) is 2.64. The number of thioether (sulfide) groups is 1. The van der Waals surface area contributed by atoms with Crippen LogP contribution in [0.15, 0.2) is 60.7 Å². The number of hydrogen-bond acceptors (Lipinski definition) is 2. The highest BCUT2D eigenvalue weighted by atomic mass is 32.2. The summed E-state index contributed by atoms with van der Waals surface area (Å²) in [6.07, 6.45) is 2.00. The maximum atomic E-state index is 9.42. The minimum absolute atomic E-state index is 0.731. The van der Waals surface area contributed by atoms with E-state index in [2.05, 4.69) is 6.07 Å². The Hall–Kier alpha value is -1.98. The zero-order valence-electron chi connectivity index (χ0n) is 10.1. The molecule has 0 spiro atoms. The lowest BCUT2D eigenvalue weighted by atomic mass is 10.0. The molecule has 0 aromatic heterocycles. The molecule has 2 aromatic carbocycles. The molecule has 0 heterocycles. The first kappa shape index (κ1) is 12.5. The van der Waals surface area contributed by atoms with Crippen molar-refractivity contribution in [3.05, 3.63) is 71.8 Å². The van der Waals surface area contributed by atoms with Crippen LogP contribution in [0.3, 0.4) is 0 Å². The number of nitrogens with zero attached hydrogens (tertiary/aromatic N) is 1. The zero-order chi connectivity index (χ0) is 12.8. The Labute approximate surface area is 112 Å². The Kier molecular flexibility index (Phi) is 4.22. The fourth-order valence-electron chi connectivity index (χ4n) is 1.81. The first-order valence-corrected chi connectivity index (χ1v) is 6.88. The van der Waals surface area contributed by atoms with Gasteiger partial charge in [-0.1, -0.05) is 60.7 Å². The maximum Gasteiger partial charge on any atom is 0.101 e. The molecule has 0 unspecified atom stereocenters. The summed E-state index contributed by atoms with van der Waals surface area (Å²) in [4.78, 5) is 1.02. The largest absolute Gasteiger partial charge is 0.192 e. The summed E-state index contributed by atoms with van der Waals surface area (Å²) < 4.78 is 0. The molecular formula is C16H13NS. The lowest BCUT2D eigenvalue weighted by Crippen LogP contribution is -1.87. The fraction of sp³-hybridized carbons (Fsp3) is 0.0625.